The first-order chi connectivity index (χ1) is 6.89. The van der Waals surface area contributed by atoms with Gasteiger partial charge >= 0.3 is 0 Å². The fourth-order valence-corrected chi connectivity index (χ4v) is 3.64. The third-order valence-corrected chi connectivity index (χ3v) is 4.36. The second-order valence-electron chi connectivity index (χ2n) is 5.15. The average molecular weight is 186 g/mol. The van der Waals surface area contributed by atoms with Crippen LogP contribution in [-0.4, -0.2) is 0 Å². The molecular weight excluding hydrogens is 168 g/mol. The summed E-state index contributed by atoms with van der Waals surface area (Å²) in [6.07, 6.45) is 8.79. The molecule has 0 N–H and O–H groups in total. The van der Waals surface area contributed by atoms with E-state index >= 15 is 0 Å². The van der Waals surface area contributed by atoms with Crippen LogP contribution in [-0.2, 0) is 5.41 Å². The lowest BCUT2D eigenvalue weighted by molar-refractivity contribution is 0.306. The van der Waals surface area contributed by atoms with E-state index in [9.17, 15) is 0 Å². The van der Waals surface area contributed by atoms with Crippen molar-refractivity contribution in [2.75, 3.05) is 0 Å². The molecule has 0 aromatic heterocycles. The van der Waals surface area contributed by atoms with E-state index < -0.39 is 0 Å². The first-order valence-corrected chi connectivity index (χ1v) is 5.95. The van der Waals surface area contributed by atoms with Crippen molar-refractivity contribution in [1.29, 1.82) is 0 Å². The lowest BCUT2D eigenvalue weighted by atomic mass is 9.71. The minimum absolute atomic E-state index is 0.587. The topological polar surface area (TPSA) is 0 Å². The van der Waals surface area contributed by atoms with Crippen molar-refractivity contribution in [2.45, 2.75) is 43.9 Å². The highest BCUT2D eigenvalue weighted by atomic mass is 14.5. The zero-order valence-electron chi connectivity index (χ0n) is 8.71. The first kappa shape index (κ1) is 8.52. The molecule has 74 valence electrons. The Hall–Kier alpha value is -0.780. The van der Waals surface area contributed by atoms with Gasteiger partial charge in [0.25, 0.3) is 0 Å². The van der Waals surface area contributed by atoms with Crippen LogP contribution in [0.3, 0.4) is 0 Å². The summed E-state index contributed by atoms with van der Waals surface area (Å²) in [5, 5.41) is 0. The highest BCUT2D eigenvalue weighted by Gasteiger charge is 2.42. The molecule has 2 bridgehead atoms. The van der Waals surface area contributed by atoms with Crippen LogP contribution in [0.4, 0.5) is 0 Å². The van der Waals surface area contributed by atoms with Crippen LogP contribution in [0.5, 0.6) is 0 Å². The third-order valence-electron chi connectivity index (χ3n) is 4.36. The zero-order valence-corrected chi connectivity index (χ0v) is 8.71. The highest BCUT2D eigenvalue weighted by Crippen LogP contribution is 2.52. The van der Waals surface area contributed by atoms with E-state index in [1.165, 1.54) is 38.5 Å². The van der Waals surface area contributed by atoms with Gasteiger partial charge in [0.05, 0.1) is 0 Å². The lowest BCUT2D eigenvalue weighted by Gasteiger charge is -2.33. The van der Waals surface area contributed by atoms with Crippen molar-refractivity contribution in [1.82, 2.24) is 0 Å². The van der Waals surface area contributed by atoms with Crippen LogP contribution in [0.15, 0.2) is 30.3 Å². The molecule has 2 saturated carbocycles. The summed E-state index contributed by atoms with van der Waals surface area (Å²) >= 11 is 0. The van der Waals surface area contributed by atoms with Gasteiger partial charge in [-0.25, -0.2) is 0 Å². The fraction of sp³-hybridized carbons (Fsp3) is 0.571. The standard InChI is InChI=1S/C14H18/c1-2-6-13(7-3-1)14-9-4-5-12(11-14)8-10-14/h1-3,6-7,12H,4-5,8-11H2. The Balaban J connectivity index is 1.97. The maximum Gasteiger partial charge on any atom is -0.00442 e. The predicted octanol–water partition coefficient (Wildman–Crippen LogP) is 3.91. The fourth-order valence-electron chi connectivity index (χ4n) is 3.64. The molecule has 0 saturated heterocycles. The smallest absolute Gasteiger partial charge is 0.00442 e. The van der Waals surface area contributed by atoms with E-state index in [0.29, 0.717) is 5.41 Å². The second kappa shape index (κ2) is 3.12. The molecule has 0 radical (unpaired) electrons. The number of hydrogen-bond acceptors (Lipinski definition) is 0. The van der Waals surface area contributed by atoms with Gasteiger partial charge in [-0.05, 0) is 42.6 Å². The third kappa shape index (κ3) is 1.20. The van der Waals surface area contributed by atoms with Gasteiger partial charge in [0.1, 0.15) is 0 Å². The Kier molecular flexibility index (Phi) is 1.90. The van der Waals surface area contributed by atoms with Gasteiger partial charge in [0, 0.05) is 0 Å². The normalized spacial score (nSPS) is 35.9. The molecule has 0 aliphatic heterocycles. The van der Waals surface area contributed by atoms with Crippen LogP contribution >= 0.6 is 0 Å². The molecule has 2 aliphatic carbocycles. The summed E-state index contributed by atoms with van der Waals surface area (Å²) in [5.74, 6) is 1.05. The number of hydrogen-bond donors (Lipinski definition) is 0. The largest absolute Gasteiger partial charge is 0.0622 e. The Labute approximate surface area is 86.3 Å². The molecule has 2 aliphatic rings. The van der Waals surface area contributed by atoms with Crippen molar-refractivity contribution in [3.63, 3.8) is 0 Å². The van der Waals surface area contributed by atoms with E-state index in [0.717, 1.165) is 5.92 Å². The molecule has 1 aromatic carbocycles. The molecule has 3 rings (SSSR count). The quantitative estimate of drug-likeness (QED) is 0.624. The molecule has 0 heterocycles. The minimum Gasteiger partial charge on any atom is -0.0622 e. The van der Waals surface area contributed by atoms with Crippen molar-refractivity contribution in [3.05, 3.63) is 35.9 Å². The summed E-state index contributed by atoms with van der Waals surface area (Å²) in [7, 11) is 0. The van der Waals surface area contributed by atoms with Crippen LogP contribution in [0.2, 0.25) is 0 Å². The van der Waals surface area contributed by atoms with Crippen molar-refractivity contribution >= 4 is 0 Å². The van der Waals surface area contributed by atoms with E-state index in [1.54, 1.807) is 5.56 Å². The van der Waals surface area contributed by atoms with Crippen molar-refractivity contribution < 1.29 is 0 Å². The summed E-state index contributed by atoms with van der Waals surface area (Å²) in [4.78, 5) is 0. The maximum atomic E-state index is 2.34. The van der Waals surface area contributed by atoms with E-state index in [2.05, 4.69) is 30.3 Å². The van der Waals surface area contributed by atoms with Gasteiger partial charge in [-0.15, -0.1) is 0 Å². The molecule has 1 aromatic rings. The molecule has 2 fully saturated rings. The Morgan fingerprint density at radius 2 is 1.86 bits per heavy atom. The van der Waals surface area contributed by atoms with Crippen molar-refractivity contribution in [3.8, 4) is 0 Å². The van der Waals surface area contributed by atoms with Crippen LogP contribution in [0.25, 0.3) is 0 Å². The zero-order chi connectivity index (χ0) is 9.43. The van der Waals surface area contributed by atoms with E-state index in [-0.39, 0.29) is 0 Å². The van der Waals surface area contributed by atoms with E-state index in [1.807, 2.05) is 0 Å². The first-order valence-electron chi connectivity index (χ1n) is 5.95. The highest BCUT2D eigenvalue weighted by molar-refractivity contribution is 5.27. The number of benzene rings is 1. The summed E-state index contributed by atoms with van der Waals surface area (Å²) in [6, 6.07) is 11.2. The monoisotopic (exact) mass is 186 g/mol. The molecular formula is C14H18. The molecule has 2 atom stereocenters. The van der Waals surface area contributed by atoms with Crippen LogP contribution in [0.1, 0.15) is 44.1 Å². The molecule has 0 heteroatoms. The number of fused-ring (bicyclic) bond motifs is 2. The molecule has 0 nitrogen and oxygen atoms in total. The molecule has 14 heavy (non-hydrogen) atoms. The van der Waals surface area contributed by atoms with Crippen LogP contribution < -0.4 is 0 Å². The Bertz CT molecular complexity index is 310. The predicted molar refractivity (Wildman–Crippen MR) is 59.3 cm³/mol. The lowest BCUT2D eigenvalue weighted by Crippen LogP contribution is -2.25. The maximum absolute atomic E-state index is 2.34. The number of rotatable bonds is 1. The van der Waals surface area contributed by atoms with Gasteiger partial charge in [-0.2, -0.15) is 0 Å². The van der Waals surface area contributed by atoms with Gasteiger partial charge in [0.15, 0.2) is 0 Å². The van der Waals surface area contributed by atoms with E-state index in [4.69, 9.17) is 0 Å². The summed E-state index contributed by atoms with van der Waals surface area (Å²) < 4.78 is 0. The second-order valence-corrected chi connectivity index (χ2v) is 5.15. The van der Waals surface area contributed by atoms with Crippen LogP contribution in [0, 0.1) is 5.92 Å². The Morgan fingerprint density at radius 3 is 2.71 bits per heavy atom. The van der Waals surface area contributed by atoms with Crippen molar-refractivity contribution in [2.24, 2.45) is 5.92 Å². The van der Waals surface area contributed by atoms with Gasteiger partial charge in [-0.3, -0.25) is 0 Å². The van der Waals surface area contributed by atoms with Gasteiger partial charge < -0.3 is 0 Å². The summed E-state index contributed by atoms with van der Waals surface area (Å²) in [6.45, 7) is 0. The molecule has 2 unspecified atom stereocenters. The minimum atomic E-state index is 0.587. The SMILES string of the molecule is c1ccc(C23CCCC(CC2)C3)cc1. The molecule has 0 amide bonds. The van der Waals surface area contributed by atoms with Gasteiger partial charge in [0.2, 0.25) is 0 Å². The molecule has 0 spiro atoms. The average Bonchev–Trinajstić information content (AvgIpc) is 2.57. The van der Waals surface area contributed by atoms with Gasteiger partial charge in [-0.1, -0.05) is 43.2 Å². The Morgan fingerprint density at radius 1 is 1.00 bits per heavy atom. The summed E-state index contributed by atoms with van der Waals surface area (Å²) in [5.41, 5.74) is 2.20.